The van der Waals surface area contributed by atoms with E-state index in [9.17, 15) is 4.79 Å². The molecule has 2 aromatic rings. The van der Waals surface area contributed by atoms with E-state index in [1.54, 1.807) is 0 Å². The fourth-order valence-electron chi connectivity index (χ4n) is 3.21. The highest BCUT2D eigenvalue weighted by atomic mass is 16.2. The van der Waals surface area contributed by atoms with Gasteiger partial charge in [0.15, 0.2) is 0 Å². The zero-order chi connectivity index (χ0) is 18.1. The molecule has 2 rings (SSSR count). The Bertz CT molecular complexity index is 671. The van der Waals surface area contributed by atoms with E-state index < -0.39 is 0 Å². The maximum absolute atomic E-state index is 13.0. The summed E-state index contributed by atoms with van der Waals surface area (Å²) in [6, 6.07) is 12.2. The molecule has 0 aliphatic carbocycles. The third-order valence-electron chi connectivity index (χ3n) is 4.69. The number of nitrogens with one attached hydrogen (secondary N) is 1. The molecule has 0 unspecified atom stereocenters. The average molecular weight is 341 g/mol. The molecule has 0 saturated heterocycles. The lowest BCUT2D eigenvalue weighted by atomic mass is 9.99. The van der Waals surface area contributed by atoms with Gasteiger partial charge in [0.1, 0.15) is 0 Å². The number of carbonyl (C=O) groups excluding carboxylic acids is 1. The highest BCUT2D eigenvalue weighted by Crippen LogP contribution is 2.22. The standard InChI is InChI=1S/C22H32N2O/c1-4-6-10-16-24(17-11-7-5-2)23-22(25)21-18(3)14-15-19-12-8-9-13-20(19)21/h8-9,12-15H,4-7,10-11,16-17H2,1-3H3,(H,23,25). The van der Waals surface area contributed by atoms with Gasteiger partial charge in [-0.25, -0.2) is 5.01 Å². The minimum atomic E-state index is 0.0160. The van der Waals surface area contributed by atoms with Crippen molar-refractivity contribution in [2.75, 3.05) is 13.1 Å². The quantitative estimate of drug-likeness (QED) is 0.459. The summed E-state index contributed by atoms with van der Waals surface area (Å²) in [5.74, 6) is 0.0160. The molecular formula is C22H32N2O. The molecule has 0 atom stereocenters. The van der Waals surface area contributed by atoms with Crippen LogP contribution in [0.5, 0.6) is 0 Å². The maximum Gasteiger partial charge on any atom is 0.266 e. The van der Waals surface area contributed by atoms with Crippen LogP contribution in [0.1, 0.15) is 68.3 Å². The van der Waals surface area contributed by atoms with Gasteiger partial charge in [-0.15, -0.1) is 0 Å². The highest BCUT2D eigenvalue weighted by molar-refractivity contribution is 6.08. The molecule has 0 spiro atoms. The first-order chi connectivity index (χ1) is 12.2. The highest BCUT2D eigenvalue weighted by Gasteiger charge is 2.16. The van der Waals surface area contributed by atoms with Crippen molar-refractivity contribution in [2.24, 2.45) is 0 Å². The molecular weight excluding hydrogens is 308 g/mol. The number of carbonyl (C=O) groups is 1. The Kier molecular flexibility index (Phi) is 7.93. The number of unbranched alkanes of at least 4 members (excludes halogenated alkanes) is 4. The summed E-state index contributed by atoms with van der Waals surface area (Å²) in [5.41, 5.74) is 5.00. The Hall–Kier alpha value is -1.87. The SMILES string of the molecule is CCCCCN(CCCCC)NC(=O)c1c(C)ccc2ccccc12. The molecule has 136 valence electrons. The fraction of sp³-hybridized carbons (Fsp3) is 0.500. The number of hydrazine groups is 1. The molecule has 3 heteroatoms. The average Bonchev–Trinajstić information content (AvgIpc) is 2.61. The van der Waals surface area contributed by atoms with Crippen LogP contribution in [0.15, 0.2) is 36.4 Å². The van der Waals surface area contributed by atoms with E-state index in [2.05, 4.69) is 36.4 Å². The predicted octanol–water partition coefficient (Wildman–Crippen LogP) is 5.48. The van der Waals surface area contributed by atoms with Crippen LogP contribution in [-0.2, 0) is 0 Å². The van der Waals surface area contributed by atoms with Crippen molar-refractivity contribution in [1.29, 1.82) is 0 Å². The number of benzene rings is 2. The van der Waals surface area contributed by atoms with Crippen LogP contribution in [0.3, 0.4) is 0 Å². The molecule has 1 N–H and O–H groups in total. The molecule has 0 bridgehead atoms. The Labute approximate surface area is 152 Å². The number of rotatable bonds is 10. The van der Waals surface area contributed by atoms with Gasteiger partial charge in [-0.1, -0.05) is 75.9 Å². The van der Waals surface area contributed by atoms with Crippen molar-refractivity contribution in [3.05, 3.63) is 47.5 Å². The lowest BCUT2D eigenvalue weighted by molar-refractivity contribution is 0.0782. The van der Waals surface area contributed by atoms with E-state index in [0.717, 1.165) is 47.8 Å². The van der Waals surface area contributed by atoms with Gasteiger partial charge in [0.2, 0.25) is 0 Å². The number of nitrogens with zero attached hydrogens (tertiary/aromatic N) is 1. The van der Waals surface area contributed by atoms with Gasteiger partial charge in [-0.2, -0.15) is 0 Å². The van der Waals surface area contributed by atoms with Gasteiger partial charge in [0, 0.05) is 13.1 Å². The van der Waals surface area contributed by atoms with Gasteiger partial charge >= 0.3 is 0 Å². The summed E-state index contributed by atoms with van der Waals surface area (Å²) in [7, 11) is 0. The smallest absolute Gasteiger partial charge is 0.266 e. The Morgan fingerprint density at radius 3 is 2.20 bits per heavy atom. The van der Waals surface area contributed by atoms with Crippen molar-refractivity contribution >= 4 is 16.7 Å². The Morgan fingerprint density at radius 1 is 0.920 bits per heavy atom. The molecule has 0 heterocycles. The maximum atomic E-state index is 13.0. The van der Waals surface area contributed by atoms with Crippen LogP contribution in [0.4, 0.5) is 0 Å². The second-order valence-electron chi connectivity index (χ2n) is 6.82. The van der Waals surface area contributed by atoms with E-state index >= 15 is 0 Å². The number of aryl methyl sites for hydroxylation is 1. The third-order valence-corrected chi connectivity index (χ3v) is 4.69. The number of amides is 1. The van der Waals surface area contributed by atoms with Crippen LogP contribution in [0.25, 0.3) is 10.8 Å². The van der Waals surface area contributed by atoms with E-state index in [1.807, 2.05) is 31.2 Å². The van der Waals surface area contributed by atoms with Crippen LogP contribution in [-0.4, -0.2) is 24.0 Å². The molecule has 3 nitrogen and oxygen atoms in total. The molecule has 0 aliphatic rings. The first kappa shape index (κ1) is 19.5. The van der Waals surface area contributed by atoms with E-state index in [1.165, 1.54) is 25.7 Å². The van der Waals surface area contributed by atoms with Gasteiger partial charge in [0.25, 0.3) is 5.91 Å². The summed E-state index contributed by atoms with van der Waals surface area (Å²) in [4.78, 5) is 13.0. The molecule has 25 heavy (non-hydrogen) atoms. The van der Waals surface area contributed by atoms with Crippen molar-refractivity contribution in [3.8, 4) is 0 Å². The zero-order valence-corrected chi connectivity index (χ0v) is 16.0. The first-order valence-corrected chi connectivity index (χ1v) is 9.71. The van der Waals surface area contributed by atoms with Gasteiger partial charge in [-0.3, -0.25) is 10.2 Å². The molecule has 0 fully saturated rings. The number of fused-ring (bicyclic) bond motifs is 1. The Balaban J connectivity index is 2.15. The summed E-state index contributed by atoms with van der Waals surface area (Å²) < 4.78 is 0. The molecule has 0 radical (unpaired) electrons. The number of hydrogen-bond donors (Lipinski definition) is 1. The monoisotopic (exact) mass is 340 g/mol. The fourth-order valence-corrected chi connectivity index (χ4v) is 3.21. The number of hydrogen-bond acceptors (Lipinski definition) is 2. The normalized spacial score (nSPS) is 11.2. The van der Waals surface area contributed by atoms with Crippen molar-refractivity contribution in [3.63, 3.8) is 0 Å². The zero-order valence-electron chi connectivity index (χ0n) is 16.0. The van der Waals surface area contributed by atoms with Gasteiger partial charge < -0.3 is 0 Å². The lowest BCUT2D eigenvalue weighted by Gasteiger charge is -2.24. The minimum absolute atomic E-state index is 0.0160. The summed E-state index contributed by atoms with van der Waals surface area (Å²) in [6.45, 7) is 8.28. The predicted molar refractivity (Wildman–Crippen MR) is 107 cm³/mol. The summed E-state index contributed by atoms with van der Waals surface area (Å²) >= 11 is 0. The van der Waals surface area contributed by atoms with Gasteiger partial charge in [-0.05, 0) is 36.1 Å². The molecule has 2 aromatic carbocycles. The second-order valence-corrected chi connectivity index (χ2v) is 6.82. The van der Waals surface area contributed by atoms with Crippen LogP contribution in [0.2, 0.25) is 0 Å². The Morgan fingerprint density at radius 2 is 1.56 bits per heavy atom. The molecule has 0 aromatic heterocycles. The lowest BCUT2D eigenvalue weighted by Crippen LogP contribution is -2.43. The molecule has 1 amide bonds. The first-order valence-electron chi connectivity index (χ1n) is 9.71. The summed E-state index contributed by atoms with van der Waals surface area (Å²) in [6.07, 6.45) is 7.04. The van der Waals surface area contributed by atoms with Crippen LogP contribution < -0.4 is 5.43 Å². The minimum Gasteiger partial charge on any atom is -0.285 e. The third kappa shape index (κ3) is 5.57. The molecule has 0 saturated carbocycles. The second kappa shape index (κ2) is 10.2. The van der Waals surface area contributed by atoms with Gasteiger partial charge in [0.05, 0.1) is 5.56 Å². The van der Waals surface area contributed by atoms with Crippen LogP contribution in [0, 0.1) is 6.92 Å². The summed E-state index contributed by atoms with van der Waals surface area (Å²) in [5, 5.41) is 4.26. The molecule has 0 aliphatic heterocycles. The van der Waals surface area contributed by atoms with Crippen molar-refractivity contribution in [1.82, 2.24) is 10.4 Å². The topological polar surface area (TPSA) is 32.3 Å². The largest absolute Gasteiger partial charge is 0.285 e. The van der Waals surface area contributed by atoms with Crippen LogP contribution >= 0.6 is 0 Å². The van der Waals surface area contributed by atoms with E-state index in [0.29, 0.717) is 0 Å². The van der Waals surface area contributed by atoms with E-state index in [-0.39, 0.29) is 5.91 Å². The van der Waals surface area contributed by atoms with E-state index in [4.69, 9.17) is 0 Å². The van der Waals surface area contributed by atoms with Crippen molar-refractivity contribution in [2.45, 2.75) is 59.3 Å². The van der Waals surface area contributed by atoms with Crippen molar-refractivity contribution < 1.29 is 4.79 Å².